The maximum atomic E-state index is 12.5. The first kappa shape index (κ1) is 17.5. The van der Waals surface area contributed by atoms with Crippen molar-refractivity contribution in [3.05, 3.63) is 15.9 Å². The van der Waals surface area contributed by atoms with Crippen molar-refractivity contribution in [1.82, 2.24) is 20.4 Å². The minimum absolute atomic E-state index is 0.0525. The predicted octanol–water partition coefficient (Wildman–Crippen LogP) is 2.78. The molecule has 2 fully saturated rings. The molecule has 2 aliphatic rings. The van der Waals surface area contributed by atoms with Crippen LogP contribution in [0.1, 0.15) is 61.1 Å². The summed E-state index contributed by atoms with van der Waals surface area (Å²) < 4.78 is 0.736. The summed E-state index contributed by atoms with van der Waals surface area (Å²) in [4.78, 5) is 26.7. The number of nitrogens with one attached hydrogen (secondary N) is 2. The summed E-state index contributed by atoms with van der Waals surface area (Å²) in [7, 11) is 0. The molecule has 24 heavy (non-hydrogen) atoms. The lowest BCUT2D eigenvalue weighted by Crippen LogP contribution is -2.48. The summed E-state index contributed by atoms with van der Waals surface area (Å²) >= 11 is 3.41. The van der Waals surface area contributed by atoms with Crippen LogP contribution in [0.3, 0.4) is 0 Å². The van der Waals surface area contributed by atoms with Gasteiger partial charge in [-0.1, -0.05) is 19.3 Å². The monoisotopic (exact) mass is 396 g/mol. The number of aromatic amines is 1. The van der Waals surface area contributed by atoms with Crippen molar-refractivity contribution in [2.24, 2.45) is 5.92 Å². The molecule has 1 aromatic rings. The zero-order valence-electron chi connectivity index (χ0n) is 14.1. The molecule has 1 saturated carbocycles. The quantitative estimate of drug-likeness (QED) is 0.824. The minimum atomic E-state index is -0.0525. The number of halogens is 1. The van der Waals surface area contributed by atoms with Crippen LogP contribution in [0.25, 0.3) is 0 Å². The number of piperidine rings is 1. The van der Waals surface area contributed by atoms with Gasteiger partial charge in [0.15, 0.2) is 5.69 Å². The van der Waals surface area contributed by atoms with Crippen molar-refractivity contribution >= 4 is 27.7 Å². The molecule has 0 aromatic carbocycles. The van der Waals surface area contributed by atoms with Gasteiger partial charge in [0.1, 0.15) is 0 Å². The van der Waals surface area contributed by atoms with Gasteiger partial charge in [0, 0.05) is 30.7 Å². The van der Waals surface area contributed by atoms with E-state index in [0.29, 0.717) is 18.8 Å². The first-order chi connectivity index (χ1) is 11.6. The lowest BCUT2D eigenvalue weighted by molar-refractivity contribution is -0.126. The molecule has 1 saturated heterocycles. The number of nitrogens with zero attached hydrogens (tertiary/aromatic N) is 2. The number of likely N-dealkylation sites (tertiary alicyclic amines) is 1. The summed E-state index contributed by atoms with van der Waals surface area (Å²) in [5.41, 5.74) is 1.30. The lowest BCUT2D eigenvalue weighted by Gasteiger charge is -2.33. The van der Waals surface area contributed by atoms with Crippen LogP contribution in [0.5, 0.6) is 0 Å². The first-order valence-corrected chi connectivity index (χ1v) is 9.65. The molecule has 2 N–H and O–H groups in total. The third-order valence-electron chi connectivity index (χ3n) is 5.18. The number of hydrogen-bond donors (Lipinski definition) is 2. The Morgan fingerprint density at radius 3 is 2.42 bits per heavy atom. The maximum Gasteiger partial charge on any atom is 0.275 e. The van der Waals surface area contributed by atoms with Crippen molar-refractivity contribution < 1.29 is 9.59 Å². The second kappa shape index (κ2) is 7.68. The van der Waals surface area contributed by atoms with Crippen molar-refractivity contribution in [2.75, 3.05) is 13.1 Å². The van der Waals surface area contributed by atoms with Gasteiger partial charge in [0.25, 0.3) is 5.91 Å². The number of amides is 2. The zero-order chi connectivity index (χ0) is 17.1. The maximum absolute atomic E-state index is 12.5. The number of aromatic nitrogens is 2. The Labute approximate surface area is 150 Å². The normalized spacial score (nSPS) is 20.2. The average molecular weight is 397 g/mol. The highest BCUT2D eigenvalue weighted by molar-refractivity contribution is 9.10. The molecule has 132 valence electrons. The van der Waals surface area contributed by atoms with E-state index in [1.54, 1.807) is 0 Å². The van der Waals surface area contributed by atoms with Crippen molar-refractivity contribution in [2.45, 2.75) is 57.9 Å². The van der Waals surface area contributed by atoms with Crippen LogP contribution in [0, 0.1) is 12.8 Å². The summed E-state index contributed by atoms with van der Waals surface area (Å²) in [6.07, 6.45) is 7.26. The fourth-order valence-corrected chi connectivity index (χ4v) is 3.96. The highest BCUT2D eigenvalue weighted by atomic mass is 79.9. The Morgan fingerprint density at radius 1 is 1.17 bits per heavy atom. The Balaban J connectivity index is 1.49. The van der Waals surface area contributed by atoms with Crippen LogP contribution in [0.4, 0.5) is 0 Å². The standard InChI is InChI=1S/C17H25BrN4O2/c1-11-14(18)15(21-20-11)17(24)22-9-7-13(8-10-22)19-16(23)12-5-3-2-4-6-12/h12-13H,2-10H2,1H3,(H,19,23)(H,20,21). The van der Waals surface area contributed by atoms with Crippen LogP contribution < -0.4 is 5.32 Å². The molecule has 1 aliphatic carbocycles. The molecule has 1 aromatic heterocycles. The van der Waals surface area contributed by atoms with Crippen LogP contribution in [-0.4, -0.2) is 46.0 Å². The van der Waals surface area contributed by atoms with Gasteiger partial charge in [-0.25, -0.2) is 0 Å². The molecule has 0 atom stereocenters. The van der Waals surface area contributed by atoms with E-state index in [9.17, 15) is 9.59 Å². The van der Waals surface area contributed by atoms with Gasteiger partial charge in [-0.3, -0.25) is 14.7 Å². The smallest absolute Gasteiger partial charge is 0.275 e. The van der Waals surface area contributed by atoms with Gasteiger partial charge in [0.05, 0.1) is 4.47 Å². The molecule has 7 heteroatoms. The molecule has 3 rings (SSSR count). The highest BCUT2D eigenvalue weighted by Crippen LogP contribution is 2.25. The zero-order valence-corrected chi connectivity index (χ0v) is 15.7. The van der Waals surface area contributed by atoms with Crippen molar-refractivity contribution in [3.8, 4) is 0 Å². The van der Waals surface area contributed by atoms with E-state index >= 15 is 0 Å². The van der Waals surface area contributed by atoms with Crippen LogP contribution in [0.2, 0.25) is 0 Å². The molecular formula is C17H25BrN4O2. The van der Waals surface area contributed by atoms with Crippen LogP contribution >= 0.6 is 15.9 Å². The van der Waals surface area contributed by atoms with E-state index in [1.165, 1.54) is 19.3 Å². The van der Waals surface area contributed by atoms with Gasteiger partial charge in [-0.2, -0.15) is 5.10 Å². The van der Waals surface area contributed by atoms with E-state index in [4.69, 9.17) is 0 Å². The average Bonchev–Trinajstić information content (AvgIpc) is 2.95. The number of rotatable bonds is 3. The molecule has 2 heterocycles. The molecular weight excluding hydrogens is 372 g/mol. The summed E-state index contributed by atoms with van der Waals surface area (Å²) in [5.74, 6) is 0.356. The third-order valence-corrected chi connectivity index (χ3v) is 6.15. The van der Waals surface area contributed by atoms with Crippen LogP contribution in [0.15, 0.2) is 4.47 Å². The van der Waals surface area contributed by atoms with E-state index in [-0.39, 0.29) is 23.8 Å². The summed E-state index contributed by atoms with van der Waals surface area (Å²) in [5, 5.41) is 10.1. The molecule has 0 radical (unpaired) electrons. The van der Waals surface area contributed by atoms with E-state index in [1.807, 2.05) is 11.8 Å². The number of aryl methyl sites for hydroxylation is 1. The third kappa shape index (κ3) is 3.82. The van der Waals surface area contributed by atoms with Gasteiger partial charge >= 0.3 is 0 Å². The predicted molar refractivity (Wildman–Crippen MR) is 94.7 cm³/mol. The van der Waals surface area contributed by atoms with Crippen LogP contribution in [-0.2, 0) is 4.79 Å². The number of hydrogen-bond acceptors (Lipinski definition) is 3. The van der Waals surface area contributed by atoms with E-state index in [2.05, 4.69) is 31.4 Å². The fourth-order valence-electron chi connectivity index (χ4n) is 3.62. The Morgan fingerprint density at radius 2 is 1.83 bits per heavy atom. The minimum Gasteiger partial charge on any atom is -0.353 e. The highest BCUT2D eigenvalue weighted by Gasteiger charge is 2.29. The van der Waals surface area contributed by atoms with Gasteiger partial charge in [0.2, 0.25) is 5.91 Å². The van der Waals surface area contributed by atoms with Gasteiger partial charge < -0.3 is 10.2 Å². The van der Waals surface area contributed by atoms with E-state index in [0.717, 1.165) is 35.8 Å². The fraction of sp³-hybridized carbons (Fsp3) is 0.706. The Bertz CT molecular complexity index is 602. The second-order valence-corrected chi connectivity index (χ2v) is 7.71. The largest absolute Gasteiger partial charge is 0.353 e. The first-order valence-electron chi connectivity index (χ1n) is 8.86. The van der Waals surface area contributed by atoms with Gasteiger partial charge in [-0.15, -0.1) is 0 Å². The molecule has 6 nitrogen and oxygen atoms in total. The SMILES string of the molecule is Cc1[nH]nc(C(=O)N2CCC(NC(=O)C3CCCCC3)CC2)c1Br. The molecule has 2 amide bonds. The molecule has 0 unspecified atom stereocenters. The molecule has 0 bridgehead atoms. The van der Waals surface area contributed by atoms with Crippen molar-refractivity contribution in [3.63, 3.8) is 0 Å². The van der Waals surface area contributed by atoms with Crippen molar-refractivity contribution in [1.29, 1.82) is 0 Å². The van der Waals surface area contributed by atoms with Gasteiger partial charge in [-0.05, 0) is 48.5 Å². The number of carbonyl (C=O) groups is 2. The Kier molecular flexibility index (Phi) is 5.58. The number of H-pyrrole nitrogens is 1. The second-order valence-electron chi connectivity index (χ2n) is 6.92. The number of carbonyl (C=O) groups excluding carboxylic acids is 2. The Hall–Kier alpha value is -1.37. The summed E-state index contributed by atoms with van der Waals surface area (Å²) in [6.45, 7) is 3.19. The lowest BCUT2D eigenvalue weighted by atomic mass is 9.88. The van der Waals surface area contributed by atoms with E-state index < -0.39 is 0 Å². The summed E-state index contributed by atoms with van der Waals surface area (Å²) in [6, 6.07) is 0.188. The molecule has 1 aliphatic heterocycles. The molecule has 0 spiro atoms. The topological polar surface area (TPSA) is 78.1 Å².